The maximum atomic E-state index is 13.8. The number of amides is 2. The van der Waals surface area contributed by atoms with Crippen molar-refractivity contribution in [2.24, 2.45) is 0 Å². The van der Waals surface area contributed by atoms with E-state index in [1.54, 1.807) is 0 Å². The molecule has 1 aliphatic rings. The molecule has 0 saturated heterocycles. The first kappa shape index (κ1) is 14.9. The number of anilines is 1. The molecule has 0 spiro atoms. The molecule has 0 saturated carbocycles. The van der Waals surface area contributed by atoms with Crippen molar-refractivity contribution in [2.45, 2.75) is 26.3 Å². The standard InChI is InChI=1S/C15H15F2N3OS/c1-9-19-11(8-22-9)7-18-15(21)20-4-2-3-12-13(17)5-10(16)6-14(12)20/h5-6,8H,2-4,7H2,1H3,(H,18,21). The van der Waals surface area contributed by atoms with Crippen LogP contribution in [0.15, 0.2) is 17.5 Å². The lowest BCUT2D eigenvalue weighted by atomic mass is 10.0. The molecule has 1 N–H and O–H groups in total. The average Bonchev–Trinajstić information content (AvgIpc) is 2.90. The minimum atomic E-state index is -0.675. The minimum Gasteiger partial charge on any atom is -0.332 e. The highest BCUT2D eigenvalue weighted by atomic mass is 32.1. The van der Waals surface area contributed by atoms with E-state index in [1.807, 2.05) is 12.3 Å². The molecule has 2 heterocycles. The van der Waals surface area contributed by atoms with Crippen LogP contribution in [-0.2, 0) is 13.0 Å². The van der Waals surface area contributed by atoms with Gasteiger partial charge in [-0.1, -0.05) is 0 Å². The molecule has 0 unspecified atom stereocenters. The van der Waals surface area contributed by atoms with E-state index < -0.39 is 11.6 Å². The number of rotatable bonds is 2. The molecular weight excluding hydrogens is 308 g/mol. The number of nitrogens with zero attached hydrogens (tertiary/aromatic N) is 2. The molecular formula is C15H15F2N3OS. The summed E-state index contributed by atoms with van der Waals surface area (Å²) in [5, 5.41) is 5.55. The van der Waals surface area contributed by atoms with E-state index in [4.69, 9.17) is 0 Å². The summed E-state index contributed by atoms with van der Waals surface area (Å²) < 4.78 is 27.3. The van der Waals surface area contributed by atoms with Gasteiger partial charge in [0, 0.05) is 23.6 Å². The van der Waals surface area contributed by atoms with Crippen LogP contribution in [0.2, 0.25) is 0 Å². The summed E-state index contributed by atoms with van der Waals surface area (Å²) in [5.74, 6) is -1.27. The number of carbonyl (C=O) groups excluding carboxylic acids is 1. The average molecular weight is 323 g/mol. The fraction of sp³-hybridized carbons (Fsp3) is 0.333. The van der Waals surface area contributed by atoms with Gasteiger partial charge in [0.15, 0.2) is 0 Å². The Morgan fingerprint density at radius 2 is 2.27 bits per heavy atom. The van der Waals surface area contributed by atoms with Gasteiger partial charge in [0.05, 0.1) is 22.9 Å². The Morgan fingerprint density at radius 3 is 3.00 bits per heavy atom. The zero-order chi connectivity index (χ0) is 15.7. The molecule has 1 aromatic heterocycles. The highest BCUT2D eigenvalue weighted by molar-refractivity contribution is 7.09. The number of urea groups is 1. The van der Waals surface area contributed by atoms with E-state index in [1.165, 1.54) is 22.3 Å². The van der Waals surface area contributed by atoms with Crippen molar-refractivity contribution in [1.29, 1.82) is 0 Å². The van der Waals surface area contributed by atoms with Crippen LogP contribution in [0.3, 0.4) is 0 Å². The monoisotopic (exact) mass is 323 g/mol. The highest BCUT2D eigenvalue weighted by Crippen LogP contribution is 2.30. The highest BCUT2D eigenvalue weighted by Gasteiger charge is 2.25. The topological polar surface area (TPSA) is 45.2 Å². The van der Waals surface area contributed by atoms with Gasteiger partial charge in [-0.3, -0.25) is 4.90 Å². The van der Waals surface area contributed by atoms with Crippen LogP contribution in [0.4, 0.5) is 19.3 Å². The zero-order valence-electron chi connectivity index (χ0n) is 12.0. The number of fused-ring (bicyclic) bond motifs is 1. The molecule has 116 valence electrons. The number of halogens is 2. The van der Waals surface area contributed by atoms with Gasteiger partial charge in [0.2, 0.25) is 0 Å². The summed E-state index contributed by atoms with van der Waals surface area (Å²) >= 11 is 1.51. The van der Waals surface area contributed by atoms with Gasteiger partial charge < -0.3 is 5.32 Å². The summed E-state index contributed by atoms with van der Waals surface area (Å²) in [7, 11) is 0. The molecule has 2 amide bonds. The zero-order valence-corrected chi connectivity index (χ0v) is 12.8. The Morgan fingerprint density at radius 1 is 1.45 bits per heavy atom. The Kier molecular flexibility index (Phi) is 4.06. The number of carbonyl (C=O) groups is 1. The van der Waals surface area contributed by atoms with E-state index in [9.17, 15) is 13.6 Å². The molecule has 3 rings (SSSR count). The van der Waals surface area contributed by atoms with Gasteiger partial charge in [-0.25, -0.2) is 18.6 Å². The van der Waals surface area contributed by atoms with Crippen LogP contribution in [-0.4, -0.2) is 17.6 Å². The van der Waals surface area contributed by atoms with E-state index >= 15 is 0 Å². The van der Waals surface area contributed by atoms with Gasteiger partial charge in [-0.2, -0.15) is 0 Å². The Balaban J connectivity index is 1.77. The van der Waals surface area contributed by atoms with Crippen LogP contribution in [0, 0.1) is 18.6 Å². The second kappa shape index (κ2) is 6.00. The van der Waals surface area contributed by atoms with Crippen molar-refractivity contribution in [3.05, 3.63) is 45.4 Å². The second-order valence-electron chi connectivity index (χ2n) is 5.16. The van der Waals surface area contributed by atoms with Gasteiger partial charge >= 0.3 is 6.03 Å². The normalized spacial score (nSPS) is 13.9. The molecule has 0 radical (unpaired) electrons. The van der Waals surface area contributed by atoms with Gasteiger partial charge in [0.1, 0.15) is 11.6 Å². The fourth-order valence-electron chi connectivity index (χ4n) is 2.57. The number of aromatic nitrogens is 1. The second-order valence-corrected chi connectivity index (χ2v) is 6.22. The lowest BCUT2D eigenvalue weighted by Gasteiger charge is -2.29. The maximum Gasteiger partial charge on any atom is 0.322 e. The number of benzene rings is 1. The largest absolute Gasteiger partial charge is 0.332 e. The lowest BCUT2D eigenvalue weighted by Crippen LogP contribution is -2.42. The van der Waals surface area contributed by atoms with Crippen molar-refractivity contribution in [3.63, 3.8) is 0 Å². The van der Waals surface area contributed by atoms with Crippen LogP contribution >= 0.6 is 11.3 Å². The molecule has 22 heavy (non-hydrogen) atoms. The molecule has 7 heteroatoms. The van der Waals surface area contributed by atoms with Crippen molar-refractivity contribution in [2.75, 3.05) is 11.4 Å². The maximum absolute atomic E-state index is 13.8. The summed E-state index contributed by atoms with van der Waals surface area (Å²) in [5.41, 5.74) is 1.49. The quantitative estimate of drug-likeness (QED) is 0.921. The Hall–Kier alpha value is -2.02. The molecule has 4 nitrogen and oxygen atoms in total. The molecule has 0 atom stereocenters. The molecule has 0 aliphatic carbocycles. The number of hydrogen-bond acceptors (Lipinski definition) is 3. The third-order valence-electron chi connectivity index (χ3n) is 3.57. The SMILES string of the molecule is Cc1nc(CNC(=O)N2CCCc3c(F)cc(F)cc32)cs1. The van der Waals surface area contributed by atoms with Crippen molar-refractivity contribution in [1.82, 2.24) is 10.3 Å². The summed E-state index contributed by atoms with van der Waals surface area (Å²) in [4.78, 5) is 18.0. The fourth-order valence-corrected chi connectivity index (χ4v) is 3.19. The number of nitrogens with one attached hydrogen (secondary N) is 1. The third kappa shape index (κ3) is 2.94. The summed E-state index contributed by atoms with van der Waals surface area (Å²) in [6, 6.07) is 1.71. The summed E-state index contributed by atoms with van der Waals surface area (Å²) in [6.07, 6.45) is 1.16. The van der Waals surface area contributed by atoms with Gasteiger partial charge in [0.25, 0.3) is 0 Å². The van der Waals surface area contributed by atoms with E-state index in [2.05, 4.69) is 10.3 Å². The first-order valence-electron chi connectivity index (χ1n) is 6.99. The molecule has 0 fully saturated rings. The lowest BCUT2D eigenvalue weighted by molar-refractivity contribution is 0.245. The minimum absolute atomic E-state index is 0.298. The molecule has 1 aliphatic heterocycles. The van der Waals surface area contributed by atoms with E-state index in [0.29, 0.717) is 37.2 Å². The van der Waals surface area contributed by atoms with Crippen LogP contribution in [0.1, 0.15) is 22.7 Å². The predicted octanol–water partition coefficient (Wildman–Crippen LogP) is 3.39. The Labute approximate surface area is 130 Å². The van der Waals surface area contributed by atoms with E-state index in [0.717, 1.165) is 16.8 Å². The first-order valence-corrected chi connectivity index (χ1v) is 7.87. The predicted molar refractivity (Wildman–Crippen MR) is 81.1 cm³/mol. The molecule has 2 aromatic rings. The smallest absolute Gasteiger partial charge is 0.322 e. The summed E-state index contributed by atoms with van der Waals surface area (Å²) in [6.45, 7) is 2.63. The van der Waals surface area contributed by atoms with Crippen molar-refractivity contribution in [3.8, 4) is 0 Å². The van der Waals surface area contributed by atoms with Crippen molar-refractivity contribution < 1.29 is 13.6 Å². The molecule has 1 aromatic carbocycles. The van der Waals surface area contributed by atoms with Crippen LogP contribution < -0.4 is 10.2 Å². The van der Waals surface area contributed by atoms with Gasteiger partial charge in [-0.15, -0.1) is 11.3 Å². The Bertz CT molecular complexity index is 717. The first-order chi connectivity index (χ1) is 10.5. The van der Waals surface area contributed by atoms with Gasteiger partial charge in [-0.05, 0) is 25.8 Å². The van der Waals surface area contributed by atoms with Crippen molar-refractivity contribution >= 4 is 23.1 Å². The van der Waals surface area contributed by atoms with E-state index in [-0.39, 0.29) is 6.03 Å². The number of thiazole rings is 1. The number of hydrogen-bond donors (Lipinski definition) is 1. The van der Waals surface area contributed by atoms with Crippen LogP contribution in [0.25, 0.3) is 0 Å². The molecule has 0 bridgehead atoms. The number of aryl methyl sites for hydroxylation is 1. The third-order valence-corrected chi connectivity index (χ3v) is 4.39. The van der Waals surface area contributed by atoms with Crippen LogP contribution in [0.5, 0.6) is 0 Å².